The molecule has 8 heteroatoms. The first-order valence-corrected chi connectivity index (χ1v) is 8.16. The van der Waals surface area contributed by atoms with E-state index in [2.05, 4.69) is 14.7 Å². The molecule has 4 nitrogen and oxygen atoms in total. The minimum Gasteiger partial charge on any atom is -0.483 e. The van der Waals surface area contributed by atoms with Gasteiger partial charge in [0.2, 0.25) is 0 Å². The average Bonchev–Trinajstić information content (AvgIpc) is 3.02. The number of nitrogens with zero attached hydrogens (tertiary/aromatic N) is 3. The monoisotopic (exact) mass is 353 g/mol. The highest BCUT2D eigenvalue weighted by Gasteiger charge is 2.28. The zero-order chi connectivity index (χ0) is 17.2. The molecule has 2 aromatic heterocycles. The summed E-state index contributed by atoms with van der Waals surface area (Å²) in [4.78, 5) is 10.7. The van der Waals surface area contributed by atoms with Crippen LogP contribution in [0.5, 0.6) is 5.75 Å². The molecule has 0 spiro atoms. The van der Waals surface area contributed by atoms with Crippen LogP contribution < -0.4 is 9.64 Å². The first kappa shape index (κ1) is 16.6. The molecular weight excluding hydrogens is 339 g/mol. The number of ether oxygens (including phenoxy) is 1. The fourth-order valence-corrected chi connectivity index (χ4v) is 3.13. The van der Waals surface area contributed by atoms with Gasteiger partial charge in [0.25, 0.3) is 0 Å². The Morgan fingerprint density at radius 1 is 1.25 bits per heavy atom. The molecule has 24 heavy (non-hydrogen) atoms. The predicted octanol–water partition coefficient (Wildman–Crippen LogP) is 4.24. The lowest BCUT2D eigenvalue weighted by molar-refractivity contribution is -0.153. The maximum atomic E-state index is 12.2. The van der Waals surface area contributed by atoms with Gasteiger partial charge in [-0.05, 0) is 36.1 Å². The van der Waals surface area contributed by atoms with E-state index < -0.39 is 12.8 Å². The van der Waals surface area contributed by atoms with Crippen LogP contribution in [0.25, 0.3) is 5.70 Å². The first-order chi connectivity index (χ1) is 11.4. The largest absolute Gasteiger partial charge is 0.483 e. The van der Waals surface area contributed by atoms with E-state index in [1.165, 1.54) is 12.3 Å². The number of halogens is 3. The SMILES string of the molecule is Cc1cccnc1N1CSC=C1c1ccc(OCC(F)(F)F)cn1. The second kappa shape index (κ2) is 6.72. The molecule has 0 saturated heterocycles. The van der Waals surface area contributed by atoms with Crippen molar-refractivity contribution >= 4 is 23.3 Å². The second-order valence-electron chi connectivity index (χ2n) is 5.15. The molecule has 0 saturated carbocycles. The van der Waals surface area contributed by atoms with E-state index in [0.29, 0.717) is 11.6 Å². The van der Waals surface area contributed by atoms with E-state index in [-0.39, 0.29) is 5.75 Å². The van der Waals surface area contributed by atoms with Gasteiger partial charge in [-0.25, -0.2) is 4.98 Å². The molecule has 0 unspecified atom stereocenters. The van der Waals surface area contributed by atoms with Crippen molar-refractivity contribution in [1.82, 2.24) is 9.97 Å². The fraction of sp³-hybridized carbons (Fsp3) is 0.250. The van der Waals surface area contributed by atoms with Crippen LogP contribution in [0.4, 0.5) is 19.0 Å². The summed E-state index contributed by atoms with van der Waals surface area (Å²) >= 11 is 1.61. The molecule has 126 valence electrons. The minimum atomic E-state index is -4.36. The fourth-order valence-electron chi connectivity index (χ4n) is 2.24. The van der Waals surface area contributed by atoms with E-state index >= 15 is 0 Å². The van der Waals surface area contributed by atoms with Crippen molar-refractivity contribution in [3.05, 3.63) is 53.3 Å². The standard InChI is InChI=1S/C16H14F3N3OS/c1-11-3-2-6-20-15(11)22-10-24-8-14(22)13-5-4-12(7-21-13)23-9-16(17,18)19/h2-8H,9-10H2,1H3. The quantitative estimate of drug-likeness (QED) is 0.822. The number of thioether (sulfide) groups is 1. The van der Waals surface area contributed by atoms with Gasteiger partial charge in [0.15, 0.2) is 6.61 Å². The van der Waals surface area contributed by atoms with Crippen LogP contribution in [0, 0.1) is 6.92 Å². The number of aromatic nitrogens is 2. The number of hydrogen-bond donors (Lipinski definition) is 0. The van der Waals surface area contributed by atoms with Gasteiger partial charge >= 0.3 is 6.18 Å². The highest BCUT2D eigenvalue weighted by atomic mass is 32.2. The van der Waals surface area contributed by atoms with Crippen molar-refractivity contribution < 1.29 is 17.9 Å². The van der Waals surface area contributed by atoms with Crippen molar-refractivity contribution in [3.8, 4) is 5.75 Å². The normalized spacial score (nSPS) is 14.7. The Morgan fingerprint density at radius 2 is 2.08 bits per heavy atom. The molecule has 0 fully saturated rings. The molecule has 1 aliphatic rings. The zero-order valence-electron chi connectivity index (χ0n) is 12.7. The molecule has 3 heterocycles. The zero-order valence-corrected chi connectivity index (χ0v) is 13.6. The highest BCUT2D eigenvalue weighted by molar-refractivity contribution is 8.02. The molecule has 0 radical (unpaired) electrons. The van der Waals surface area contributed by atoms with Gasteiger partial charge in [-0.1, -0.05) is 6.07 Å². The molecule has 0 aromatic carbocycles. The van der Waals surface area contributed by atoms with E-state index in [1.807, 2.05) is 29.4 Å². The first-order valence-electron chi connectivity index (χ1n) is 7.11. The Balaban J connectivity index is 1.77. The number of anilines is 1. The van der Waals surface area contributed by atoms with Gasteiger partial charge in [-0.3, -0.25) is 4.98 Å². The second-order valence-corrected chi connectivity index (χ2v) is 5.98. The Morgan fingerprint density at radius 3 is 2.75 bits per heavy atom. The van der Waals surface area contributed by atoms with Crippen LogP contribution in [0.15, 0.2) is 42.1 Å². The molecule has 3 rings (SSSR count). The van der Waals surface area contributed by atoms with Crippen LogP contribution in [0.1, 0.15) is 11.3 Å². The molecule has 2 aromatic rings. The Hall–Kier alpha value is -2.22. The van der Waals surface area contributed by atoms with Gasteiger partial charge < -0.3 is 9.64 Å². The number of pyridine rings is 2. The Labute approximate surface area is 141 Å². The van der Waals surface area contributed by atoms with Crippen LogP contribution in [-0.2, 0) is 0 Å². The summed E-state index contributed by atoms with van der Waals surface area (Å²) in [6.45, 7) is 0.649. The van der Waals surface area contributed by atoms with Gasteiger partial charge in [-0.15, -0.1) is 11.8 Å². The molecule has 1 aliphatic heterocycles. The van der Waals surface area contributed by atoms with Crippen molar-refractivity contribution in [2.45, 2.75) is 13.1 Å². The lowest BCUT2D eigenvalue weighted by Crippen LogP contribution is -2.20. The number of alkyl halides is 3. The molecule has 0 atom stereocenters. The summed E-state index contributed by atoms with van der Waals surface area (Å²) < 4.78 is 41.2. The summed E-state index contributed by atoms with van der Waals surface area (Å²) in [5.41, 5.74) is 2.56. The van der Waals surface area contributed by atoms with Crippen molar-refractivity contribution in [2.24, 2.45) is 0 Å². The summed E-state index contributed by atoms with van der Waals surface area (Å²) in [7, 11) is 0. The van der Waals surface area contributed by atoms with Crippen LogP contribution in [0.3, 0.4) is 0 Å². The van der Waals surface area contributed by atoms with Crippen LogP contribution in [-0.4, -0.2) is 28.6 Å². The minimum absolute atomic E-state index is 0.0860. The maximum absolute atomic E-state index is 12.2. The smallest absolute Gasteiger partial charge is 0.422 e. The Kier molecular flexibility index (Phi) is 4.66. The lowest BCUT2D eigenvalue weighted by atomic mass is 10.2. The van der Waals surface area contributed by atoms with E-state index in [9.17, 15) is 13.2 Å². The van der Waals surface area contributed by atoms with Gasteiger partial charge in [-0.2, -0.15) is 13.2 Å². The van der Waals surface area contributed by atoms with Gasteiger partial charge in [0.1, 0.15) is 11.6 Å². The summed E-state index contributed by atoms with van der Waals surface area (Å²) in [6, 6.07) is 6.98. The molecule has 0 N–H and O–H groups in total. The molecular formula is C16H14F3N3OS. The molecule has 0 amide bonds. The summed E-state index contributed by atoms with van der Waals surface area (Å²) in [6.07, 6.45) is -1.34. The van der Waals surface area contributed by atoms with Crippen LogP contribution >= 0.6 is 11.8 Å². The highest BCUT2D eigenvalue weighted by Crippen LogP contribution is 2.35. The number of aryl methyl sites for hydroxylation is 1. The van der Waals surface area contributed by atoms with Gasteiger partial charge in [0, 0.05) is 6.20 Å². The maximum Gasteiger partial charge on any atom is 0.422 e. The number of hydrogen-bond acceptors (Lipinski definition) is 5. The van der Waals surface area contributed by atoms with Gasteiger partial charge in [0.05, 0.1) is 23.5 Å². The molecule has 0 bridgehead atoms. The van der Waals surface area contributed by atoms with Crippen molar-refractivity contribution in [3.63, 3.8) is 0 Å². The van der Waals surface area contributed by atoms with Crippen molar-refractivity contribution in [1.29, 1.82) is 0 Å². The number of rotatable bonds is 4. The molecule has 0 aliphatic carbocycles. The summed E-state index contributed by atoms with van der Waals surface area (Å²) in [5, 5.41) is 1.96. The van der Waals surface area contributed by atoms with Crippen molar-refractivity contribution in [2.75, 3.05) is 17.4 Å². The van der Waals surface area contributed by atoms with E-state index in [1.54, 1.807) is 24.0 Å². The van der Waals surface area contributed by atoms with E-state index in [0.717, 1.165) is 17.1 Å². The Bertz CT molecular complexity index is 747. The summed E-state index contributed by atoms with van der Waals surface area (Å²) in [5.74, 6) is 1.64. The topological polar surface area (TPSA) is 38.2 Å². The third kappa shape index (κ3) is 3.81. The predicted molar refractivity (Wildman–Crippen MR) is 87.7 cm³/mol. The van der Waals surface area contributed by atoms with Crippen LogP contribution in [0.2, 0.25) is 0 Å². The lowest BCUT2D eigenvalue weighted by Gasteiger charge is -2.21. The van der Waals surface area contributed by atoms with E-state index in [4.69, 9.17) is 0 Å². The third-order valence-electron chi connectivity index (χ3n) is 3.33. The third-order valence-corrected chi connectivity index (χ3v) is 4.13. The average molecular weight is 353 g/mol.